The van der Waals surface area contributed by atoms with Gasteiger partial charge < -0.3 is 10.4 Å². The van der Waals surface area contributed by atoms with Crippen LogP contribution in [-0.4, -0.2) is 17.1 Å². The van der Waals surface area contributed by atoms with Crippen molar-refractivity contribution < 1.29 is 14.3 Å². The second-order valence-corrected chi connectivity index (χ2v) is 5.09. The predicted octanol–water partition coefficient (Wildman–Crippen LogP) is 3.28. The molecule has 0 saturated heterocycles. The third kappa shape index (κ3) is 4.60. The molecule has 1 amide bonds. The fourth-order valence-corrected chi connectivity index (χ4v) is 2.03. The first-order chi connectivity index (χ1) is 10.0. The van der Waals surface area contributed by atoms with E-state index < -0.39 is 0 Å². The molecule has 0 fully saturated rings. The highest BCUT2D eigenvalue weighted by Gasteiger charge is 2.09. The summed E-state index contributed by atoms with van der Waals surface area (Å²) in [6.45, 7) is 1.93. The molecular formula is C17H18FNO2. The largest absolute Gasteiger partial charge is 0.508 e. The lowest BCUT2D eigenvalue weighted by molar-refractivity contribution is 0.0938. The van der Waals surface area contributed by atoms with Crippen molar-refractivity contribution in [3.8, 4) is 5.75 Å². The zero-order chi connectivity index (χ0) is 15.2. The van der Waals surface area contributed by atoms with Gasteiger partial charge in [-0.15, -0.1) is 0 Å². The van der Waals surface area contributed by atoms with E-state index in [1.165, 1.54) is 24.3 Å². The highest BCUT2D eigenvalue weighted by Crippen LogP contribution is 2.12. The molecule has 21 heavy (non-hydrogen) atoms. The number of benzene rings is 2. The predicted molar refractivity (Wildman–Crippen MR) is 79.8 cm³/mol. The first-order valence-corrected chi connectivity index (χ1v) is 6.89. The van der Waals surface area contributed by atoms with Crippen LogP contribution in [-0.2, 0) is 6.42 Å². The van der Waals surface area contributed by atoms with E-state index in [0.29, 0.717) is 5.56 Å². The van der Waals surface area contributed by atoms with E-state index in [1.807, 2.05) is 19.1 Å². The minimum atomic E-state index is -0.355. The number of hydrogen-bond donors (Lipinski definition) is 2. The van der Waals surface area contributed by atoms with Crippen molar-refractivity contribution >= 4 is 5.91 Å². The van der Waals surface area contributed by atoms with E-state index in [-0.39, 0.29) is 23.5 Å². The maximum Gasteiger partial charge on any atom is 0.251 e. The molecule has 0 aliphatic heterocycles. The zero-order valence-corrected chi connectivity index (χ0v) is 11.8. The van der Waals surface area contributed by atoms with Gasteiger partial charge in [0.15, 0.2) is 0 Å². The van der Waals surface area contributed by atoms with E-state index in [9.17, 15) is 14.3 Å². The zero-order valence-electron chi connectivity index (χ0n) is 11.8. The number of amides is 1. The summed E-state index contributed by atoms with van der Waals surface area (Å²) in [7, 11) is 0. The Bertz CT molecular complexity index is 593. The normalized spacial score (nSPS) is 11.9. The molecule has 0 bridgehead atoms. The summed E-state index contributed by atoms with van der Waals surface area (Å²) >= 11 is 0. The van der Waals surface area contributed by atoms with Crippen molar-refractivity contribution in [1.29, 1.82) is 0 Å². The monoisotopic (exact) mass is 287 g/mol. The van der Waals surface area contributed by atoms with Gasteiger partial charge in [-0.2, -0.15) is 0 Å². The van der Waals surface area contributed by atoms with Crippen LogP contribution in [0.2, 0.25) is 0 Å². The summed E-state index contributed by atoms with van der Waals surface area (Å²) in [5, 5.41) is 12.1. The lowest BCUT2D eigenvalue weighted by Gasteiger charge is -2.14. The number of carbonyl (C=O) groups excluding carboxylic acids is 1. The average molecular weight is 287 g/mol. The van der Waals surface area contributed by atoms with Gasteiger partial charge in [-0.05, 0) is 61.7 Å². The maximum atomic E-state index is 12.8. The molecule has 2 aromatic rings. The summed E-state index contributed by atoms with van der Waals surface area (Å²) < 4.78 is 12.8. The number of phenols is 1. The molecule has 4 heteroatoms. The Kier molecular flexibility index (Phi) is 4.93. The van der Waals surface area contributed by atoms with Crippen molar-refractivity contribution in [1.82, 2.24) is 5.32 Å². The number of hydrogen-bond acceptors (Lipinski definition) is 2. The lowest BCUT2D eigenvalue weighted by atomic mass is 10.1. The number of aromatic hydroxyl groups is 1. The molecular weight excluding hydrogens is 269 g/mol. The van der Waals surface area contributed by atoms with Gasteiger partial charge >= 0.3 is 0 Å². The minimum Gasteiger partial charge on any atom is -0.508 e. The molecule has 0 saturated carbocycles. The summed E-state index contributed by atoms with van der Waals surface area (Å²) in [6, 6.07) is 12.5. The molecule has 0 aliphatic carbocycles. The highest BCUT2D eigenvalue weighted by molar-refractivity contribution is 5.94. The van der Waals surface area contributed by atoms with Crippen LogP contribution in [0.1, 0.15) is 29.3 Å². The Labute approximate surface area is 123 Å². The summed E-state index contributed by atoms with van der Waals surface area (Å²) in [4.78, 5) is 12.0. The number of nitrogens with one attached hydrogen (secondary N) is 1. The molecule has 1 unspecified atom stereocenters. The molecule has 2 rings (SSSR count). The molecule has 2 aromatic carbocycles. The fraction of sp³-hybridized carbons (Fsp3) is 0.235. The van der Waals surface area contributed by atoms with Crippen LogP contribution >= 0.6 is 0 Å². The molecule has 0 radical (unpaired) electrons. The summed E-state index contributed by atoms with van der Waals surface area (Å²) in [6.07, 6.45) is 1.60. The third-order valence-corrected chi connectivity index (χ3v) is 3.29. The van der Waals surface area contributed by atoms with E-state index >= 15 is 0 Å². The maximum absolute atomic E-state index is 12.8. The molecule has 0 heterocycles. The van der Waals surface area contributed by atoms with Crippen LogP contribution in [0.4, 0.5) is 4.39 Å². The Hall–Kier alpha value is -2.36. The van der Waals surface area contributed by atoms with E-state index in [4.69, 9.17) is 0 Å². The van der Waals surface area contributed by atoms with Crippen molar-refractivity contribution in [2.45, 2.75) is 25.8 Å². The number of halogens is 1. The van der Waals surface area contributed by atoms with Crippen molar-refractivity contribution in [2.75, 3.05) is 0 Å². The SMILES string of the molecule is CC(CCc1ccc(O)cc1)NC(=O)c1ccc(F)cc1. The molecule has 0 spiro atoms. The second kappa shape index (κ2) is 6.88. The number of carbonyl (C=O) groups is 1. The molecule has 2 N–H and O–H groups in total. The third-order valence-electron chi connectivity index (χ3n) is 3.29. The standard InChI is InChI=1S/C17H18FNO2/c1-12(2-3-13-4-10-16(20)11-5-13)19-17(21)14-6-8-15(18)9-7-14/h4-12,20H,2-3H2,1H3,(H,19,21). The smallest absolute Gasteiger partial charge is 0.251 e. The molecule has 3 nitrogen and oxygen atoms in total. The van der Waals surface area contributed by atoms with Crippen LogP contribution in [0.15, 0.2) is 48.5 Å². The first kappa shape index (κ1) is 15.0. The second-order valence-electron chi connectivity index (χ2n) is 5.09. The van der Waals surface area contributed by atoms with Gasteiger partial charge in [0.25, 0.3) is 5.91 Å². The Balaban J connectivity index is 1.83. The minimum absolute atomic E-state index is 0.0105. The van der Waals surface area contributed by atoms with E-state index in [2.05, 4.69) is 5.32 Å². The van der Waals surface area contributed by atoms with Gasteiger partial charge in [-0.25, -0.2) is 4.39 Å². The molecule has 110 valence electrons. The molecule has 0 aliphatic rings. The van der Waals surface area contributed by atoms with Gasteiger partial charge in [0.2, 0.25) is 0 Å². The summed E-state index contributed by atoms with van der Waals surface area (Å²) in [5.41, 5.74) is 1.56. The summed E-state index contributed by atoms with van der Waals surface area (Å²) in [5.74, 6) is -0.309. The van der Waals surface area contributed by atoms with Crippen LogP contribution in [0.5, 0.6) is 5.75 Å². The number of phenolic OH excluding ortho intramolecular Hbond substituents is 1. The van der Waals surface area contributed by atoms with Gasteiger partial charge in [0, 0.05) is 11.6 Å². The van der Waals surface area contributed by atoms with Gasteiger partial charge in [0.05, 0.1) is 0 Å². The number of aryl methyl sites for hydroxylation is 1. The lowest BCUT2D eigenvalue weighted by Crippen LogP contribution is -2.32. The van der Waals surface area contributed by atoms with Crippen molar-refractivity contribution in [2.24, 2.45) is 0 Å². The van der Waals surface area contributed by atoms with Gasteiger partial charge in [-0.3, -0.25) is 4.79 Å². The topological polar surface area (TPSA) is 49.3 Å². The first-order valence-electron chi connectivity index (χ1n) is 6.89. The number of rotatable bonds is 5. The Morgan fingerprint density at radius 2 is 1.76 bits per heavy atom. The highest BCUT2D eigenvalue weighted by atomic mass is 19.1. The van der Waals surface area contributed by atoms with Gasteiger partial charge in [0.1, 0.15) is 11.6 Å². The molecule has 0 aromatic heterocycles. The van der Waals surface area contributed by atoms with E-state index in [1.54, 1.807) is 12.1 Å². The van der Waals surface area contributed by atoms with Gasteiger partial charge in [-0.1, -0.05) is 12.1 Å². The van der Waals surface area contributed by atoms with Crippen LogP contribution in [0.25, 0.3) is 0 Å². The molecule has 1 atom stereocenters. The Morgan fingerprint density at radius 1 is 1.14 bits per heavy atom. The van der Waals surface area contributed by atoms with Crippen LogP contribution in [0, 0.1) is 5.82 Å². The van der Waals surface area contributed by atoms with Crippen LogP contribution in [0.3, 0.4) is 0 Å². The van der Waals surface area contributed by atoms with E-state index in [0.717, 1.165) is 18.4 Å². The van der Waals surface area contributed by atoms with Crippen LogP contribution < -0.4 is 5.32 Å². The van der Waals surface area contributed by atoms with Crippen molar-refractivity contribution in [3.63, 3.8) is 0 Å². The fourth-order valence-electron chi connectivity index (χ4n) is 2.03. The van der Waals surface area contributed by atoms with Crippen molar-refractivity contribution in [3.05, 3.63) is 65.5 Å². The quantitative estimate of drug-likeness (QED) is 0.886. The average Bonchev–Trinajstić information content (AvgIpc) is 2.47. The Morgan fingerprint density at radius 3 is 2.38 bits per heavy atom.